The highest BCUT2D eigenvalue weighted by Crippen LogP contribution is 2.32. The Hall–Kier alpha value is -2.30. The van der Waals surface area contributed by atoms with E-state index < -0.39 is 11.7 Å². The van der Waals surface area contributed by atoms with Crippen LogP contribution in [-0.2, 0) is 6.18 Å². The summed E-state index contributed by atoms with van der Waals surface area (Å²) in [5.74, 6) is 0.485. The number of aromatic nitrogens is 1. The highest BCUT2D eigenvalue weighted by Gasteiger charge is 2.30. The van der Waals surface area contributed by atoms with Gasteiger partial charge in [-0.15, -0.1) is 0 Å². The van der Waals surface area contributed by atoms with Crippen LogP contribution in [0, 0.1) is 0 Å². The summed E-state index contributed by atoms with van der Waals surface area (Å²) in [7, 11) is 0. The molecule has 0 aliphatic carbocycles. The van der Waals surface area contributed by atoms with Crippen molar-refractivity contribution in [1.29, 1.82) is 0 Å². The fourth-order valence-corrected chi connectivity index (χ4v) is 1.76. The maximum absolute atomic E-state index is 12.7. The molecule has 0 atom stereocenters. The molecule has 2 rings (SSSR count). The summed E-state index contributed by atoms with van der Waals surface area (Å²) in [6.45, 7) is 5.64. The first-order valence-electron chi connectivity index (χ1n) is 5.93. The zero-order valence-corrected chi connectivity index (χ0v) is 10.8. The number of hydrogen-bond acceptors (Lipinski definition) is 2. The molecular formula is C15H13F3N2. The minimum absolute atomic E-state index is 0.334. The first kappa shape index (κ1) is 14.1. The Kier molecular flexibility index (Phi) is 3.79. The quantitative estimate of drug-likeness (QED) is 0.865. The van der Waals surface area contributed by atoms with Crippen molar-refractivity contribution in [2.24, 2.45) is 0 Å². The maximum Gasteiger partial charge on any atom is 0.416 e. The van der Waals surface area contributed by atoms with Crippen molar-refractivity contribution < 1.29 is 13.2 Å². The molecule has 0 bridgehead atoms. The summed E-state index contributed by atoms with van der Waals surface area (Å²) in [4.78, 5) is 4.13. The summed E-state index contributed by atoms with van der Waals surface area (Å²) in [6.07, 6.45) is -2.79. The predicted molar refractivity (Wildman–Crippen MR) is 73.7 cm³/mol. The van der Waals surface area contributed by atoms with Gasteiger partial charge >= 0.3 is 6.18 Å². The van der Waals surface area contributed by atoms with E-state index >= 15 is 0 Å². The predicted octanol–water partition coefficient (Wildman–Crippen LogP) is 4.88. The molecule has 1 heterocycles. The Bertz CT molecular complexity index is 633. The van der Waals surface area contributed by atoms with Crippen molar-refractivity contribution in [2.75, 3.05) is 5.32 Å². The average molecular weight is 278 g/mol. The van der Waals surface area contributed by atoms with Gasteiger partial charge in [0, 0.05) is 17.4 Å². The van der Waals surface area contributed by atoms with E-state index in [4.69, 9.17) is 0 Å². The van der Waals surface area contributed by atoms with Crippen LogP contribution in [0.5, 0.6) is 0 Å². The number of anilines is 2. The van der Waals surface area contributed by atoms with Crippen LogP contribution in [0.2, 0.25) is 0 Å². The molecule has 0 aliphatic rings. The zero-order valence-electron chi connectivity index (χ0n) is 10.8. The molecule has 2 nitrogen and oxygen atoms in total. The van der Waals surface area contributed by atoms with Crippen LogP contribution in [0.25, 0.3) is 5.57 Å². The Balaban J connectivity index is 2.34. The molecule has 0 unspecified atom stereocenters. The van der Waals surface area contributed by atoms with Gasteiger partial charge in [0.25, 0.3) is 0 Å². The third kappa shape index (κ3) is 3.17. The molecule has 0 saturated heterocycles. The van der Waals surface area contributed by atoms with Gasteiger partial charge in [0.2, 0.25) is 0 Å². The highest BCUT2D eigenvalue weighted by atomic mass is 19.4. The Morgan fingerprint density at radius 3 is 2.60 bits per heavy atom. The number of alkyl halides is 3. The molecule has 0 saturated carbocycles. The van der Waals surface area contributed by atoms with E-state index in [1.54, 1.807) is 18.3 Å². The minimum Gasteiger partial charge on any atom is -0.340 e. The number of benzene rings is 1. The molecule has 20 heavy (non-hydrogen) atoms. The first-order chi connectivity index (χ1) is 9.38. The van der Waals surface area contributed by atoms with Gasteiger partial charge < -0.3 is 5.32 Å². The molecule has 2 aromatic rings. The third-order valence-corrected chi connectivity index (χ3v) is 2.72. The van der Waals surface area contributed by atoms with Gasteiger partial charge in [-0.3, -0.25) is 0 Å². The van der Waals surface area contributed by atoms with Gasteiger partial charge in [-0.1, -0.05) is 12.6 Å². The van der Waals surface area contributed by atoms with Crippen LogP contribution in [0.15, 0.2) is 49.2 Å². The third-order valence-electron chi connectivity index (χ3n) is 2.72. The summed E-state index contributed by atoms with van der Waals surface area (Å²) in [6, 6.07) is 8.56. The second-order valence-corrected chi connectivity index (χ2v) is 4.38. The SMILES string of the molecule is C=C(C)c1cccnc1Nc1cccc(C(F)(F)F)c1. The summed E-state index contributed by atoms with van der Waals surface area (Å²) < 4.78 is 38.0. The number of halogens is 3. The number of pyridine rings is 1. The Morgan fingerprint density at radius 2 is 1.95 bits per heavy atom. The summed E-state index contributed by atoms with van der Waals surface area (Å²) in [5, 5.41) is 2.89. The second kappa shape index (κ2) is 5.36. The van der Waals surface area contributed by atoms with Gasteiger partial charge in [0.15, 0.2) is 0 Å². The molecule has 0 radical (unpaired) electrons. The maximum atomic E-state index is 12.7. The number of nitrogens with one attached hydrogen (secondary N) is 1. The Morgan fingerprint density at radius 1 is 1.20 bits per heavy atom. The van der Waals surface area contributed by atoms with E-state index in [2.05, 4.69) is 16.9 Å². The lowest BCUT2D eigenvalue weighted by Crippen LogP contribution is -2.05. The fraction of sp³-hybridized carbons (Fsp3) is 0.133. The van der Waals surface area contributed by atoms with Crippen molar-refractivity contribution >= 4 is 17.1 Å². The van der Waals surface area contributed by atoms with E-state index in [9.17, 15) is 13.2 Å². The lowest BCUT2D eigenvalue weighted by Gasteiger charge is -2.12. The molecule has 1 aromatic carbocycles. The molecule has 5 heteroatoms. The average Bonchev–Trinajstić information content (AvgIpc) is 2.38. The van der Waals surface area contributed by atoms with Gasteiger partial charge in [-0.2, -0.15) is 13.2 Å². The van der Waals surface area contributed by atoms with Gasteiger partial charge in [-0.05, 0) is 42.8 Å². The van der Waals surface area contributed by atoms with E-state index in [1.807, 2.05) is 13.0 Å². The molecule has 104 valence electrons. The molecular weight excluding hydrogens is 265 g/mol. The van der Waals surface area contributed by atoms with Crippen LogP contribution in [0.1, 0.15) is 18.1 Å². The van der Waals surface area contributed by atoms with Crippen LogP contribution in [0.3, 0.4) is 0 Å². The normalized spacial score (nSPS) is 11.2. The monoisotopic (exact) mass is 278 g/mol. The van der Waals surface area contributed by atoms with Gasteiger partial charge in [0.1, 0.15) is 5.82 Å². The second-order valence-electron chi connectivity index (χ2n) is 4.38. The number of hydrogen-bond donors (Lipinski definition) is 1. The van der Waals surface area contributed by atoms with E-state index in [-0.39, 0.29) is 0 Å². The van der Waals surface area contributed by atoms with Crippen molar-refractivity contribution in [3.8, 4) is 0 Å². The van der Waals surface area contributed by atoms with Gasteiger partial charge in [0.05, 0.1) is 5.56 Å². The Labute approximate surface area is 115 Å². The number of nitrogens with zero attached hydrogens (tertiary/aromatic N) is 1. The number of allylic oxidation sites excluding steroid dienone is 1. The minimum atomic E-state index is -4.36. The standard InChI is InChI=1S/C15H13F3N2/c1-10(2)13-7-4-8-19-14(13)20-12-6-3-5-11(9-12)15(16,17)18/h3-9H,1H2,2H3,(H,19,20). The highest BCUT2D eigenvalue weighted by molar-refractivity contribution is 5.74. The van der Waals surface area contributed by atoms with Gasteiger partial charge in [-0.25, -0.2) is 4.98 Å². The molecule has 1 aromatic heterocycles. The van der Waals surface area contributed by atoms with E-state index in [0.29, 0.717) is 11.5 Å². The van der Waals surface area contributed by atoms with Crippen LogP contribution >= 0.6 is 0 Å². The van der Waals surface area contributed by atoms with Crippen molar-refractivity contribution in [3.05, 3.63) is 60.3 Å². The number of rotatable bonds is 3. The molecule has 1 N–H and O–H groups in total. The van der Waals surface area contributed by atoms with Crippen molar-refractivity contribution in [2.45, 2.75) is 13.1 Å². The molecule has 0 amide bonds. The lowest BCUT2D eigenvalue weighted by atomic mass is 10.1. The van der Waals surface area contributed by atoms with E-state index in [0.717, 1.165) is 23.3 Å². The summed E-state index contributed by atoms with van der Waals surface area (Å²) in [5.41, 5.74) is 1.19. The van der Waals surface area contributed by atoms with Crippen LogP contribution in [0.4, 0.5) is 24.7 Å². The van der Waals surface area contributed by atoms with Crippen molar-refractivity contribution in [1.82, 2.24) is 4.98 Å². The van der Waals surface area contributed by atoms with Crippen LogP contribution < -0.4 is 5.32 Å². The largest absolute Gasteiger partial charge is 0.416 e. The van der Waals surface area contributed by atoms with E-state index in [1.165, 1.54) is 6.07 Å². The topological polar surface area (TPSA) is 24.9 Å². The zero-order chi connectivity index (χ0) is 14.8. The van der Waals surface area contributed by atoms with Crippen molar-refractivity contribution in [3.63, 3.8) is 0 Å². The fourth-order valence-electron chi connectivity index (χ4n) is 1.76. The first-order valence-corrected chi connectivity index (χ1v) is 5.93. The summed E-state index contributed by atoms with van der Waals surface area (Å²) >= 11 is 0. The molecule has 0 spiro atoms. The smallest absolute Gasteiger partial charge is 0.340 e. The lowest BCUT2D eigenvalue weighted by molar-refractivity contribution is -0.137. The molecule has 0 fully saturated rings. The molecule has 0 aliphatic heterocycles. The van der Waals surface area contributed by atoms with Crippen LogP contribution in [-0.4, -0.2) is 4.98 Å².